The van der Waals surface area contributed by atoms with Crippen LogP contribution in [0.25, 0.3) is 11.3 Å². The van der Waals surface area contributed by atoms with Crippen LogP contribution in [0.1, 0.15) is 25.5 Å². The van der Waals surface area contributed by atoms with Gasteiger partial charge in [-0.25, -0.2) is 4.68 Å². The van der Waals surface area contributed by atoms with Crippen LogP contribution in [0.3, 0.4) is 0 Å². The SMILES string of the molecule is CC(=O)N1CCN(C(=O)C(C)n2nc(-c3ccc(C)cc3)ccc2=O)CC1. The molecule has 1 aliphatic rings. The van der Waals surface area contributed by atoms with Crippen LogP contribution in [-0.4, -0.2) is 57.6 Å². The summed E-state index contributed by atoms with van der Waals surface area (Å²) in [5, 5.41) is 4.42. The van der Waals surface area contributed by atoms with E-state index in [4.69, 9.17) is 0 Å². The zero-order valence-electron chi connectivity index (χ0n) is 15.9. The zero-order chi connectivity index (χ0) is 19.6. The van der Waals surface area contributed by atoms with Crippen molar-refractivity contribution in [1.82, 2.24) is 19.6 Å². The first kappa shape index (κ1) is 18.8. The van der Waals surface area contributed by atoms with Crippen LogP contribution in [-0.2, 0) is 9.59 Å². The van der Waals surface area contributed by atoms with Gasteiger partial charge in [-0.3, -0.25) is 14.4 Å². The third-order valence-electron chi connectivity index (χ3n) is 4.93. The summed E-state index contributed by atoms with van der Waals surface area (Å²) in [6.45, 7) is 7.18. The molecule has 1 aliphatic heterocycles. The number of hydrogen-bond donors (Lipinski definition) is 0. The highest BCUT2D eigenvalue weighted by atomic mass is 16.2. The molecular formula is C20H24N4O3. The van der Waals surface area contributed by atoms with Crippen LogP contribution in [0.4, 0.5) is 0 Å². The molecule has 1 saturated heterocycles. The summed E-state index contributed by atoms with van der Waals surface area (Å²) < 4.78 is 1.24. The van der Waals surface area contributed by atoms with E-state index in [-0.39, 0.29) is 17.4 Å². The van der Waals surface area contributed by atoms with Crippen LogP contribution >= 0.6 is 0 Å². The van der Waals surface area contributed by atoms with Crippen molar-refractivity contribution in [1.29, 1.82) is 0 Å². The number of aryl methyl sites for hydroxylation is 1. The summed E-state index contributed by atoms with van der Waals surface area (Å²) in [7, 11) is 0. The Kier molecular flexibility index (Phi) is 5.39. The lowest BCUT2D eigenvalue weighted by molar-refractivity contribution is -0.140. The molecule has 1 fully saturated rings. The predicted octanol–water partition coefficient (Wildman–Crippen LogP) is 1.47. The molecule has 1 unspecified atom stereocenters. The minimum Gasteiger partial charge on any atom is -0.339 e. The first-order valence-corrected chi connectivity index (χ1v) is 9.08. The Hall–Kier alpha value is -2.96. The molecule has 3 rings (SSSR count). The molecule has 0 saturated carbocycles. The summed E-state index contributed by atoms with van der Waals surface area (Å²) >= 11 is 0. The van der Waals surface area contributed by atoms with Crippen LogP contribution in [0.5, 0.6) is 0 Å². The maximum absolute atomic E-state index is 12.8. The number of hydrogen-bond acceptors (Lipinski definition) is 4. The second kappa shape index (κ2) is 7.73. The fourth-order valence-electron chi connectivity index (χ4n) is 3.19. The topological polar surface area (TPSA) is 75.5 Å². The second-order valence-corrected chi connectivity index (χ2v) is 6.87. The lowest BCUT2D eigenvalue weighted by Gasteiger charge is -2.35. The highest BCUT2D eigenvalue weighted by molar-refractivity contribution is 5.80. The van der Waals surface area contributed by atoms with E-state index in [9.17, 15) is 14.4 Å². The van der Waals surface area contributed by atoms with Crippen molar-refractivity contribution in [3.05, 3.63) is 52.3 Å². The third-order valence-corrected chi connectivity index (χ3v) is 4.93. The molecule has 2 aromatic rings. The number of nitrogens with zero attached hydrogens (tertiary/aromatic N) is 4. The number of amides is 2. The molecule has 1 aromatic heterocycles. The van der Waals surface area contributed by atoms with Crippen molar-refractivity contribution in [2.24, 2.45) is 0 Å². The van der Waals surface area contributed by atoms with Crippen LogP contribution in [0.2, 0.25) is 0 Å². The van der Waals surface area contributed by atoms with Gasteiger partial charge in [-0.05, 0) is 19.9 Å². The van der Waals surface area contributed by atoms with Crippen molar-refractivity contribution in [3.63, 3.8) is 0 Å². The second-order valence-electron chi connectivity index (χ2n) is 6.87. The van der Waals surface area contributed by atoms with Crippen molar-refractivity contribution < 1.29 is 9.59 Å². The lowest BCUT2D eigenvalue weighted by atomic mass is 10.1. The van der Waals surface area contributed by atoms with E-state index in [0.717, 1.165) is 11.1 Å². The van der Waals surface area contributed by atoms with Gasteiger partial charge in [0, 0.05) is 44.7 Å². The average molecular weight is 368 g/mol. The first-order chi connectivity index (χ1) is 12.9. The van der Waals surface area contributed by atoms with Crippen molar-refractivity contribution in [2.75, 3.05) is 26.2 Å². The Labute approximate surface area is 158 Å². The minimum atomic E-state index is -0.702. The van der Waals surface area contributed by atoms with Gasteiger partial charge in [0.2, 0.25) is 11.8 Å². The van der Waals surface area contributed by atoms with Crippen LogP contribution < -0.4 is 5.56 Å². The molecule has 1 aromatic carbocycles. The summed E-state index contributed by atoms with van der Waals surface area (Å²) in [4.78, 5) is 40.0. The standard InChI is InChI=1S/C20H24N4O3/c1-14-4-6-17(7-5-14)18-8-9-19(26)24(21-18)15(2)20(27)23-12-10-22(11-13-23)16(3)25/h4-9,15H,10-13H2,1-3H3. The predicted molar refractivity (Wildman–Crippen MR) is 102 cm³/mol. The van der Waals surface area contributed by atoms with Gasteiger partial charge in [-0.1, -0.05) is 29.8 Å². The number of benzene rings is 1. The molecule has 0 radical (unpaired) electrons. The third kappa shape index (κ3) is 4.07. The van der Waals surface area contributed by atoms with Gasteiger partial charge < -0.3 is 9.80 Å². The van der Waals surface area contributed by atoms with Gasteiger partial charge in [0.05, 0.1) is 5.69 Å². The molecule has 7 heteroatoms. The van der Waals surface area contributed by atoms with E-state index < -0.39 is 6.04 Å². The Balaban J connectivity index is 1.80. The quantitative estimate of drug-likeness (QED) is 0.822. The maximum Gasteiger partial charge on any atom is 0.267 e. The molecule has 27 heavy (non-hydrogen) atoms. The number of carbonyl (C=O) groups excluding carboxylic acids is 2. The van der Waals surface area contributed by atoms with Gasteiger partial charge in [-0.2, -0.15) is 5.10 Å². The Morgan fingerprint density at radius 2 is 1.56 bits per heavy atom. The largest absolute Gasteiger partial charge is 0.339 e. The summed E-state index contributed by atoms with van der Waals surface area (Å²) in [6, 6.07) is 10.3. The lowest BCUT2D eigenvalue weighted by Crippen LogP contribution is -2.52. The maximum atomic E-state index is 12.8. The van der Waals surface area contributed by atoms with Gasteiger partial charge in [-0.15, -0.1) is 0 Å². The summed E-state index contributed by atoms with van der Waals surface area (Å²) in [6.07, 6.45) is 0. The molecule has 0 aliphatic carbocycles. The number of carbonyl (C=O) groups is 2. The smallest absolute Gasteiger partial charge is 0.267 e. The molecule has 0 spiro atoms. The van der Waals surface area contributed by atoms with E-state index in [2.05, 4.69) is 5.10 Å². The zero-order valence-corrected chi connectivity index (χ0v) is 15.9. The number of piperazine rings is 1. The Morgan fingerprint density at radius 1 is 0.963 bits per heavy atom. The fraction of sp³-hybridized carbons (Fsp3) is 0.400. The van der Waals surface area contributed by atoms with Crippen LogP contribution in [0.15, 0.2) is 41.2 Å². The molecular weight excluding hydrogens is 344 g/mol. The molecule has 2 amide bonds. The van der Waals surface area contributed by atoms with E-state index in [1.807, 2.05) is 31.2 Å². The van der Waals surface area contributed by atoms with E-state index >= 15 is 0 Å². The average Bonchev–Trinajstić information content (AvgIpc) is 2.68. The number of rotatable bonds is 3. The van der Waals surface area contributed by atoms with Gasteiger partial charge in [0.1, 0.15) is 6.04 Å². The van der Waals surface area contributed by atoms with Crippen molar-refractivity contribution in [3.8, 4) is 11.3 Å². The van der Waals surface area contributed by atoms with Crippen molar-refractivity contribution in [2.45, 2.75) is 26.8 Å². The summed E-state index contributed by atoms with van der Waals surface area (Å²) in [5.41, 5.74) is 2.37. The highest BCUT2D eigenvalue weighted by Crippen LogP contribution is 2.17. The molecule has 142 valence electrons. The monoisotopic (exact) mass is 368 g/mol. The van der Waals surface area contributed by atoms with Crippen LogP contribution in [0, 0.1) is 6.92 Å². The molecule has 1 atom stereocenters. The van der Waals surface area contributed by atoms with Gasteiger partial charge in [0.25, 0.3) is 5.56 Å². The van der Waals surface area contributed by atoms with E-state index in [0.29, 0.717) is 31.9 Å². The van der Waals surface area contributed by atoms with Crippen molar-refractivity contribution >= 4 is 11.8 Å². The summed E-state index contributed by atoms with van der Waals surface area (Å²) in [5.74, 6) is -0.146. The van der Waals surface area contributed by atoms with E-state index in [1.54, 1.807) is 22.8 Å². The Bertz CT molecular complexity index is 896. The fourth-order valence-corrected chi connectivity index (χ4v) is 3.19. The Morgan fingerprint density at radius 3 is 2.15 bits per heavy atom. The van der Waals surface area contributed by atoms with Gasteiger partial charge >= 0.3 is 0 Å². The number of aromatic nitrogens is 2. The molecule has 2 heterocycles. The normalized spacial score (nSPS) is 15.5. The molecule has 0 bridgehead atoms. The van der Waals surface area contributed by atoms with Gasteiger partial charge in [0.15, 0.2) is 0 Å². The molecule has 7 nitrogen and oxygen atoms in total. The highest BCUT2D eigenvalue weighted by Gasteiger charge is 2.27. The molecule has 0 N–H and O–H groups in total. The minimum absolute atomic E-state index is 0.0128. The van der Waals surface area contributed by atoms with E-state index in [1.165, 1.54) is 17.7 Å². The first-order valence-electron chi connectivity index (χ1n) is 9.08.